The van der Waals surface area contributed by atoms with Crippen LogP contribution in [0.15, 0.2) is 128 Å². The van der Waals surface area contributed by atoms with Gasteiger partial charge in [0.1, 0.15) is 12.4 Å². The fourth-order valence-electron chi connectivity index (χ4n) is 5.77. The van der Waals surface area contributed by atoms with Gasteiger partial charge in [-0.15, -0.1) is 0 Å². The number of amides is 1. The van der Waals surface area contributed by atoms with Crippen LogP contribution in [0.3, 0.4) is 0 Å². The van der Waals surface area contributed by atoms with Crippen LogP contribution < -0.4 is 14.8 Å². The zero-order valence-electron chi connectivity index (χ0n) is 25.7. The van der Waals surface area contributed by atoms with E-state index in [-0.39, 0.29) is 24.1 Å². The molecule has 0 bridgehead atoms. The predicted octanol–water partition coefficient (Wildman–Crippen LogP) is 7.69. The lowest BCUT2D eigenvalue weighted by atomic mass is 9.87. The summed E-state index contributed by atoms with van der Waals surface area (Å²) in [7, 11) is 1.62. The number of carbonyl (C=O) groups excluding carboxylic acids is 1. The number of methoxy groups -OCH3 is 1. The van der Waals surface area contributed by atoms with Crippen molar-refractivity contribution in [3.05, 3.63) is 161 Å². The molecule has 0 aliphatic carbocycles. The van der Waals surface area contributed by atoms with Gasteiger partial charge in [0, 0.05) is 60.8 Å². The van der Waals surface area contributed by atoms with Gasteiger partial charge in [-0.05, 0) is 64.7 Å². The van der Waals surface area contributed by atoms with Crippen molar-refractivity contribution >= 4 is 16.8 Å². The second-order valence-electron chi connectivity index (χ2n) is 11.2. The van der Waals surface area contributed by atoms with Crippen LogP contribution in [0.25, 0.3) is 10.9 Å². The molecule has 0 saturated carbocycles. The summed E-state index contributed by atoms with van der Waals surface area (Å²) >= 11 is 0. The molecule has 1 atom stereocenters. The summed E-state index contributed by atoms with van der Waals surface area (Å²) < 4.78 is 27.8. The zero-order chi connectivity index (χ0) is 31.7. The molecule has 232 valence electrons. The molecule has 6 nitrogen and oxygen atoms in total. The molecule has 0 saturated heterocycles. The van der Waals surface area contributed by atoms with E-state index in [2.05, 4.69) is 33.2 Å². The van der Waals surface area contributed by atoms with Crippen molar-refractivity contribution < 1.29 is 18.7 Å². The second-order valence-corrected chi connectivity index (χ2v) is 11.2. The van der Waals surface area contributed by atoms with E-state index in [1.54, 1.807) is 25.4 Å². The van der Waals surface area contributed by atoms with Gasteiger partial charge in [-0.25, -0.2) is 4.39 Å². The Kier molecular flexibility index (Phi) is 9.69. The van der Waals surface area contributed by atoms with Crippen LogP contribution in [-0.4, -0.2) is 29.1 Å². The SMILES string of the molecule is COc1ccc([C@H](CC(=O)NCCc2ccccn2)c2cn(Cc3ccc(F)cc3)c3ccccc23)cc1OCc1ccccc1. The molecule has 0 unspecified atom stereocenters. The van der Waals surface area contributed by atoms with Gasteiger partial charge in [-0.2, -0.15) is 0 Å². The van der Waals surface area contributed by atoms with Crippen molar-refractivity contribution in [1.29, 1.82) is 0 Å². The standard InChI is InChI=1S/C39H36FN3O3/c1-45-37-19-16-30(23-38(37)46-27-29-9-3-2-4-10-29)34(24-39(44)42-22-20-32-11-7-8-21-41-32)35-26-43(36-13-6-5-12-33(35)36)25-28-14-17-31(40)18-15-28/h2-19,21,23,26,34H,20,22,24-25,27H2,1H3,(H,42,44)/t34-/m0/s1. The van der Waals surface area contributed by atoms with Crippen LogP contribution in [0.4, 0.5) is 4.39 Å². The molecule has 7 heteroatoms. The Morgan fingerprint density at radius 2 is 1.65 bits per heavy atom. The van der Waals surface area contributed by atoms with Crippen molar-refractivity contribution in [3.8, 4) is 11.5 Å². The Hall–Kier alpha value is -5.43. The number of hydrogen-bond donors (Lipinski definition) is 1. The van der Waals surface area contributed by atoms with Gasteiger partial charge in [0.05, 0.1) is 7.11 Å². The Bertz CT molecular complexity index is 1890. The molecule has 1 amide bonds. The average Bonchev–Trinajstić information content (AvgIpc) is 3.46. The van der Waals surface area contributed by atoms with Crippen LogP contribution in [0.2, 0.25) is 0 Å². The summed E-state index contributed by atoms with van der Waals surface area (Å²) in [6.45, 7) is 1.44. The number of para-hydroxylation sites is 1. The molecular formula is C39H36FN3O3. The smallest absolute Gasteiger partial charge is 0.220 e. The van der Waals surface area contributed by atoms with Gasteiger partial charge in [0.25, 0.3) is 0 Å². The second kappa shape index (κ2) is 14.6. The first kappa shape index (κ1) is 30.6. The molecule has 0 radical (unpaired) electrons. The maximum atomic E-state index is 13.7. The first-order valence-corrected chi connectivity index (χ1v) is 15.4. The number of pyridine rings is 1. The third-order valence-electron chi connectivity index (χ3n) is 8.11. The summed E-state index contributed by atoms with van der Waals surface area (Å²) in [4.78, 5) is 17.9. The van der Waals surface area contributed by atoms with E-state index >= 15 is 0 Å². The van der Waals surface area contributed by atoms with E-state index in [1.165, 1.54) is 12.1 Å². The third kappa shape index (κ3) is 7.44. The molecule has 0 spiro atoms. The highest BCUT2D eigenvalue weighted by Gasteiger charge is 2.24. The van der Waals surface area contributed by atoms with Crippen LogP contribution >= 0.6 is 0 Å². The largest absolute Gasteiger partial charge is 0.493 e. The number of halogens is 1. The lowest BCUT2D eigenvalue weighted by Gasteiger charge is -2.20. The molecule has 0 fully saturated rings. The molecule has 2 aromatic heterocycles. The fourth-order valence-corrected chi connectivity index (χ4v) is 5.77. The first-order valence-electron chi connectivity index (χ1n) is 15.4. The Morgan fingerprint density at radius 1 is 0.870 bits per heavy atom. The van der Waals surface area contributed by atoms with Gasteiger partial charge in [0.15, 0.2) is 11.5 Å². The quantitative estimate of drug-likeness (QED) is 0.145. The van der Waals surface area contributed by atoms with E-state index in [9.17, 15) is 9.18 Å². The monoisotopic (exact) mass is 613 g/mol. The van der Waals surface area contributed by atoms with Crippen LogP contribution in [0.5, 0.6) is 11.5 Å². The minimum Gasteiger partial charge on any atom is -0.493 e. The van der Waals surface area contributed by atoms with Gasteiger partial charge in [-0.3, -0.25) is 9.78 Å². The number of ether oxygens (including phenoxy) is 2. The Balaban J connectivity index is 1.34. The van der Waals surface area contributed by atoms with E-state index in [0.29, 0.717) is 37.6 Å². The molecule has 0 aliphatic rings. The highest BCUT2D eigenvalue weighted by molar-refractivity contribution is 5.87. The van der Waals surface area contributed by atoms with Gasteiger partial charge >= 0.3 is 0 Å². The molecule has 1 N–H and O–H groups in total. The molecular weight excluding hydrogens is 577 g/mol. The summed E-state index contributed by atoms with van der Waals surface area (Å²) in [5, 5.41) is 4.16. The molecule has 4 aromatic carbocycles. The summed E-state index contributed by atoms with van der Waals surface area (Å²) in [6.07, 6.45) is 4.76. The third-order valence-corrected chi connectivity index (χ3v) is 8.11. The van der Waals surface area contributed by atoms with E-state index in [4.69, 9.17) is 9.47 Å². The number of nitrogens with zero attached hydrogens (tertiary/aromatic N) is 2. The minimum absolute atomic E-state index is 0.0566. The maximum absolute atomic E-state index is 13.7. The van der Waals surface area contributed by atoms with E-state index in [1.807, 2.05) is 78.9 Å². The number of carbonyl (C=O) groups is 1. The Morgan fingerprint density at radius 3 is 2.43 bits per heavy atom. The molecule has 6 rings (SSSR count). The number of benzene rings is 4. The van der Waals surface area contributed by atoms with Gasteiger partial charge in [0.2, 0.25) is 5.91 Å². The van der Waals surface area contributed by atoms with Gasteiger partial charge < -0.3 is 19.4 Å². The van der Waals surface area contributed by atoms with E-state index < -0.39 is 0 Å². The molecule has 6 aromatic rings. The fraction of sp³-hybridized carbons (Fsp3) is 0.179. The highest BCUT2D eigenvalue weighted by atomic mass is 19.1. The number of hydrogen-bond acceptors (Lipinski definition) is 4. The minimum atomic E-state index is -0.279. The number of nitrogens with one attached hydrogen (secondary N) is 1. The molecule has 0 aliphatic heterocycles. The van der Waals surface area contributed by atoms with Gasteiger partial charge in [-0.1, -0.05) is 72.8 Å². The normalized spacial score (nSPS) is 11.7. The lowest BCUT2D eigenvalue weighted by molar-refractivity contribution is -0.121. The number of rotatable bonds is 13. The maximum Gasteiger partial charge on any atom is 0.220 e. The van der Waals surface area contributed by atoms with Crippen LogP contribution in [0.1, 0.15) is 40.3 Å². The van der Waals surface area contributed by atoms with Crippen molar-refractivity contribution in [2.45, 2.75) is 31.9 Å². The van der Waals surface area contributed by atoms with Crippen molar-refractivity contribution in [2.24, 2.45) is 0 Å². The molecule has 46 heavy (non-hydrogen) atoms. The first-order chi connectivity index (χ1) is 22.6. The number of aromatic nitrogens is 2. The summed E-state index contributed by atoms with van der Waals surface area (Å²) in [5.74, 6) is 0.634. The Labute approximate surface area is 268 Å². The van der Waals surface area contributed by atoms with Crippen molar-refractivity contribution in [1.82, 2.24) is 14.9 Å². The summed E-state index contributed by atoms with van der Waals surface area (Å²) in [5.41, 5.74) is 5.96. The van der Waals surface area contributed by atoms with Crippen LogP contribution in [-0.2, 0) is 24.4 Å². The average molecular weight is 614 g/mol. The number of fused-ring (bicyclic) bond motifs is 1. The highest BCUT2D eigenvalue weighted by Crippen LogP contribution is 2.39. The summed E-state index contributed by atoms with van der Waals surface area (Å²) in [6, 6.07) is 36.4. The topological polar surface area (TPSA) is 65.4 Å². The van der Waals surface area contributed by atoms with Crippen LogP contribution in [0, 0.1) is 5.82 Å². The predicted molar refractivity (Wildman–Crippen MR) is 179 cm³/mol. The zero-order valence-corrected chi connectivity index (χ0v) is 25.7. The lowest BCUT2D eigenvalue weighted by Crippen LogP contribution is -2.27. The molecule has 2 heterocycles. The van der Waals surface area contributed by atoms with Crippen molar-refractivity contribution in [3.63, 3.8) is 0 Å². The van der Waals surface area contributed by atoms with Crippen molar-refractivity contribution in [2.75, 3.05) is 13.7 Å². The van der Waals surface area contributed by atoms with E-state index in [0.717, 1.165) is 38.9 Å².